The molecular weight excluding hydrogens is 274 g/mol. The lowest BCUT2D eigenvalue weighted by Gasteiger charge is -2.28. The molecule has 0 saturated carbocycles. The van der Waals surface area contributed by atoms with E-state index in [4.69, 9.17) is 0 Å². The molecule has 3 rings (SSSR count). The predicted molar refractivity (Wildman–Crippen MR) is 88.0 cm³/mol. The Morgan fingerprint density at radius 3 is 2.68 bits per heavy atom. The highest BCUT2D eigenvalue weighted by atomic mass is 16.2. The molecule has 1 unspecified atom stereocenters. The Kier molecular flexibility index (Phi) is 4.09. The minimum absolute atomic E-state index is 0.108. The number of amides is 1. The van der Waals surface area contributed by atoms with Crippen LogP contribution in [-0.4, -0.2) is 36.4 Å². The van der Waals surface area contributed by atoms with Gasteiger partial charge in [0.1, 0.15) is 5.82 Å². The highest BCUT2D eigenvalue weighted by Gasteiger charge is 2.32. The van der Waals surface area contributed by atoms with Crippen molar-refractivity contribution in [2.45, 2.75) is 18.9 Å². The SMILES string of the molecule is CN(C)c1ncccc1C1CCCN1C(=O)c1ccccc1. The van der Waals surface area contributed by atoms with Crippen molar-refractivity contribution in [2.75, 3.05) is 25.5 Å². The molecule has 0 aliphatic carbocycles. The van der Waals surface area contributed by atoms with E-state index in [9.17, 15) is 4.79 Å². The van der Waals surface area contributed by atoms with Crippen LogP contribution in [0.1, 0.15) is 34.8 Å². The predicted octanol–water partition coefficient (Wildman–Crippen LogP) is 3.12. The van der Waals surface area contributed by atoms with Crippen LogP contribution >= 0.6 is 0 Å². The fraction of sp³-hybridized carbons (Fsp3) is 0.333. The fourth-order valence-electron chi connectivity index (χ4n) is 3.12. The van der Waals surface area contributed by atoms with Crippen molar-refractivity contribution in [3.05, 3.63) is 59.8 Å². The number of carbonyl (C=O) groups excluding carboxylic acids is 1. The van der Waals surface area contributed by atoms with Gasteiger partial charge in [0.05, 0.1) is 6.04 Å². The molecule has 0 spiro atoms. The monoisotopic (exact) mass is 295 g/mol. The summed E-state index contributed by atoms with van der Waals surface area (Å²) in [5.41, 5.74) is 1.89. The highest BCUT2D eigenvalue weighted by Crippen LogP contribution is 2.36. The lowest BCUT2D eigenvalue weighted by Crippen LogP contribution is -2.31. The van der Waals surface area contributed by atoms with Crippen LogP contribution < -0.4 is 4.90 Å². The summed E-state index contributed by atoms with van der Waals surface area (Å²) in [6.07, 6.45) is 3.83. The number of rotatable bonds is 3. The lowest BCUT2D eigenvalue weighted by molar-refractivity contribution is 0.0736. The van der Waals surface area contributed by atoms with Crippen LogP contribution in [0.2, 0.25) is 0 Å². The molecule has 4 nitrogen and oxygen atoms in total. The van der Waals surface area contributed by atoms with E-state index < -0.39 is 0 Å². The molecule has 1 atom stereocenters. The molecule has 1 amide bonds. The molecule has 0 N–H and O–H groups in total. The summed E-state index contributed by atoms with van der Waals surface area (Å²) in [6, 6.07) is 13.7. The van der Waals surface area contributed by atoms with Crippen molar-refractivity contribution >= 4 is 11.7 Å². The summed E-state index contributed by atoms with van der Waals surface area (Å²) in [5.74, 6) is 1.05. The zero-order chi connectivity index (χ0) is 15.5. The van der Waals surface area contributed by atoms with Crippen molar-refractivity contribution in [1.29, 1.82) is 0 Å². The van der Waals surface area contributed by atoms with Gasteiger partial charge in [-0.1, -0.05) is 24.3 Å². The largest absolute Gasteiger partial charge is 0.362 e. The minimum Gasteiger partial charge on any atom is -0.362 e. The van der Waals surface area contributed by atoms with E-state index in [1.807, 2.05) is 60.3 Å². The maximum Gasteiger partial charge on any atom is 0.254 e. The lowest BCUT2D eigenvalue weighted by atomic mass is 10.0. The van der Waals surface area contributed by atoms with E-state index in [0.717, 1.165) is 36.3 Å². The maximum atomic E-state index is 12.8. The molecule has 1 aromatic heterocycles. The summed E-state index contributed by atoms with van der Waals surface area (Å²) in [4.78, 5) is 21.3. The van der Waals surface area contributed by atoms with Gasteiger partial charge < -0.3 is 9.80 Å². The molecule has 2 aromatic rings. The van der Waals surface area contributed by atoms with Crippen LogP contribution in [0.25, 0.3) is 0 Å². The molecule has 22 heavy (non-hydrogen) atoms. The minimum atomic E-state index is 0.108. The average molecular weight is 295 g/mol. The summed E-state index contributed by atoms with van der Waals surface area (Å²) < 4.78 is 0. The average Bonchev–Trinajstić information content (AvgIpc) is 3.04. The molecule has 1 fully saturated rings. The molecular formula is C18H21N3O. The first-order chi connectivity index (χ1) is 10.7. The summed E-state index contributed by atoms with van der Waals surface area (Å²) in [7, 11) is 3.98. The first-order valence-electron chi connectivity index (χ1n) is 7.66. The van der Waals surface area contributed by atoms with Gasteiger partial charge in [-0.15, -0.1) is 0 Å². The van der Waals surface area contributed by atoms with Crippen molar-refractivity contribution < 1.29 is 4.79 Å². The Labute approximate surface area is 131 Å². The zero-order valence-electron chi connectivity index (χ0n) is 13.1. The fourth-order valence-corrected chi connectivity index (χ4v) is 3.12. The second-order valence-corrected chi connectivity index (χ2v) is 5.83. The number of benzene rings is 1. The van der Waals surface area contributed by atoms with Crippen LogP contribution in [0, 0.1) is 0 Å². The number of carbonyl (C=O) groups is 1. The zero-order valence-corrected chi connectivity index (χ0v) is 13.1. The van der Waals surface area contributed by atoms with Crippen LogP contribution in [-0.2, 0) is 0 Å². The Bertz CT molecular complexity index is 654. The van der Waals surface area contributed by atoms with Gasteiger partial charge in [-0.05, 0) is 31.0 Å². The number of hydrogen-bond acceptors (Lipinski definition) is 3. The van der Waals surface area contributed by atoms with Crippen molar-refractivity contribution in [3.63, 3.8) is 0 Å². The molecule has 1 aliphatic rings. The van der Waals surface area contributed by atoms with Gasteiger partial charge in [0.15, 0.2) is 0 Å². The first-order valence-corrected chi connectivity index (χ1v) is 7.66. The molecule has 0 bridgehead atoms. The smallest absolute Gasteiger partial charge is 0.254 e. The molecule has 1 aliphatic heterocycles. The number of likely N-dealkylation sites (tertiary alicyclic amines) is 1. The number of nitrogens with zero attached hydrogens (tertiary/aromatic N) is 3. The molecule has 1 saturated heterocycles. The van der Waals surface area contributed by atoms with E-state index in [-0.39, 0.29) is 11.9 Å². The molecule has 114 valence electrons. The second-order valence-electron chi connectivity index (χ2n) is 5.83. The van der Waals surface area contributed by atoms with Gasteiger partial charge in [0.25, 0.3) is 5.91 Å². The van der Waals surface area contributed by atoms with Gasteiger partial charge >= 0.3 is 0 Å². The van der Waals surface area contributed by atoms with Crippen LogP contribution in [0.15, 0.2) is 48.7 Å². The van der Waals surface area contributed by atoms with Crippen molar-refractivity contribution in [3.8, 4) is 0 Å². The highest BCUT2D eigenvalue weighted by molar-refractivity contribution is 5.94. The Hall–Kier alpha value is -2.36. The van der Waals surface area contributed by atoms with E-state index in [2.05, 4.69) is 11.1 Å². The number of aromatic nitrogens is 1. The second kappa shape index (κ2) is 6.18. The standard InChI is InChI=1S/C18H21N3O/c1-20(2)17-15(10-6-12-19-17)16-11-7-13-21(16)18(22)14-8-4-3-5-9-14/h3-6,8-10,12,16H,7,11,13H2,1-2H3. The van der Waals surface area contributed by atoms with E-state index in [1.54, 1.807) is 6.20 Å². The number of hydrogen-bond donors (Lipinski definition) is 0. The van der Waals surface area contributed by atoms with E-state index in [0.29, 0.717) is 0 Å². The Balaban J connectivity index is 1.93. The van der Waals surface area contributed by atoms with E-state index >= 15 is 0 Å². The quantitative estimate of drug-likeness (QED) is 0.873. The molecule has 1 aromatic carbocycles. The van der Waals surface area contributed by atoms with Gasteiger partial charge in [0.2, 0.25) is 0 Å². The van der Waals surface area contributed by atoms with Crippen LogP contribution in [0.3, 0.4) is 0 Å². The third-order valence-corrected chi connectivity index (χ3v) is 4.13. The topological polar surface area (TPSA) is 36.4 Å². The Morgan fingerprint density at radius 1 is 1.18 bits per heavy atom. The summed E-state index contributed by atoms with van der Waals surface area (Å²) >= 11 is 0. The Morgan fingerprint density at radius 2 is 1.95 bits per heavy atom. The van der Waals surface area contributed by atoms with Crippen molar-refractivity contribution in [2.24, 2.45) is 0 Å². The number of anilines is 1. The van der Waals surface area contributed by atoms with Gasteiger partial charge in [-0.25, -0.2) is 4.98 Å². The molecule has 4 heteroatoms. The van der Waals surface area contributed by atoms with Crippen LogP contribution in [0.4, 0.5) is 5.82 Å². The third-order valence-electron chi connectivity index (χ3n) is 4.13. The first kappa shape index (κ1) is 14.6. The van der Waals surface area contributed by atoms with Crippen molar-refractivity contribution in [1.82, 2.24) is 9.88 Å². The molecule has 0 radical (unpaired) electrons. The maximum absolute atomic E-state index is 12.8. The van der Waals surface area contributed by atoms with Gasteiger partial charge in [-0.2, -0.15) is 0 Å². The van der Waals surface area contributed by atoms with Crippen LogP contribution in [0.5, 0.6) is 0 Å². The normalized spacial score (nSPS) is 17.5. The summed E-state index contributed by atoms with van der Waals surface area (Å²) in [5, 5.41) is 0. The number of pyridine rings is 1. The summed E-state index contributed by atoms with van der Waals surface area (Å²) in [6.45, 7) is 0.806. The third kappa shape index (κ3) is 2.69. The van der Waals surface area contributed by atoms with E-state index in [1.165, 1.54) is 0 Å². The molecule has 2 heterocycles. The van der Waals surface area contributed by atoms with Gasteiger partial charge in [-0.3, -0.25) is 4.79 Å². The van der Waals surface area contributed by atoms with Gasteiger partial charge in [0, 0.05) is 38.0 Å².